The largest absolute Gasteiger partial charge is 0.379 e. The lowest BCUT2D eigenvalue weighted by Crippen LogP contribution is -2.53. The van der Waals surface area contributed by atoms with Crippen molar-refractivity contribution in [1.82, 2.24) is 15.5 Å². The molecule has 0 aromatic carbocycles. The zero-order chi connectivity index (χ0) is 18.8. The van der Waals surface area contributed by atoms with Crippen molar-refractivity contribution >= 4 is 5.96 Å². The first kappa shape index (κ1) is 21.5. The van der Waals surface area contributed by atoms with Crippen LogP contribution in [0.3, 0.4) is 0 Å². The van der Waals surface area contributed by atoms with E-state index in [2.05, 4.69) is 43.2 Å². The van der Waals surface area contributed by atoms with E-state index in [0.717, 1.165) is 71.3 Å². The minimum absolute atomic E-state index is 0.0959. The van der Waals surface area contributed by atoms with Gasteiger partial charge < -0.3 is 20.1 Å². The molecule has 2 fully saturated rings. The van der Waals surface area contributed by atoms with E-state index >= 15 is 0 Å². The third-order valence-electron chi connectivity index (χ3n) is 5.80. The maximum absolute atomic E-state index is 5.88. The number of aliphatic imine (C=N–C) groups is 1. The van der Waals surface area contributed by atoms with Gasteiger partial charge in [0.15, 0.2) is 5.96 Å². The quantitative estimate of drug-likeness (QED) is 0.483. The molecule has 0 radical (unpaired) electrons. The molecule has 2 N–H and O–H groups in total. The number of hydrogen-bond acceptors (Lipinski definition) is 4. The van der Waals surface area contributed by atoms with Crippen molar-refractivity contribution in [1.29, 1.82) is 0 Å². The molecule has 6 nitrogen and oxygen atoms in total. The van der Waals surface area contributed by atoms with Gasteiger partial charge in [-0.1, -0.05) is 26.7 Å². The Morgan fingerprint density at radius 2 is 1.85 bits per heavy atom. The van der Waals surface area contributed by atoms with Crippen LogP contribution >= 0.6 is 0 Å². The number of hydrogen-bond donors (Lipinski definition) is 2. The Hall–Kier alpha value is -0.850. The summed E-state index contributed by atoms with van der Waals surface area (Å²) in [7, 11) is 0. The first-order valence-electron chi connectivity index (χ1n) is 10.6. The van der Waals surface area contributed by atoms with Crippen LogP contribution in [0.25, 0.3) is 0 Å². The average Bonchev–Trinajstić information content (AvgIpc) is 3.10. The van der Waals surface area contributed by atoms with Crippen LogP contribution in [0.1, 0.15) is 53.4 Å². The molecule has 0 bridgehead atoms. The lowest BCUT2D eigenvalue weighted by molar-refractivity contribution is 0.00268. The van der Waals surface area contributed by atoms with Crippen LogP contribution in [0.2, 0.25) is 0 Å². The maximum atomic E-state index is 5.88. The fraction of sp³-hybridized carbons (Fsp3) is 0.950. The summed E-state index contributed by atoms with van der Waals surface area (Å²) in [6.07, 6.45) is 4.66. The smallest absolute Gasteiger partial charge is 0.191 e. The van der Waals surface area contributed by atoms with E-state index in [1.807, 2.05) is 0 Å². The normalized spacial score (nSPS) is 26.3. The van der Waals surface area contributed by atoms with Gasteiger partial charge in [-0.3, -0.25) is 9.89 Å². The molecule has 0 aromatic rings. The monoisotopic (exact) mass is 368 g/mol. The fourth-order valence-corrected chi connectivity index (χ4v) is 4.09. The SMILES string of the molecule is CCNC(=NCC1(C)CCCO1)NCC(C(CC)CC)N1CCOCC1. The van der Waals surface area contributed by atoms with E-state index in [-0.39, 0.29) is 5.60 Å². The zero-order valence-corrected chi connectivity index (χ0v) is 17.4. The Balaban J connectivity index is 1.97. The van der Waals surface area contributed by atoms with Crippen LogP contribution < -0.4 is 10.6 Å². The first-order valence-corrected chi connectivity index (χ1v) is 10.6. The van der Waals surface area contributed by atoms with Gasteiger partial charge in [-0.25, -0.2) is 0 Å². The second-order valence-corrected chi connectivity index (χ2v) is 7.77. The van der Waals surface area contributed by atoms with Crippen molar-refractivity contribution in [3.8, 4) is 0 Å². The molecule has 26 heavy (non-hydrogen) atoms. The lowest BCUT2D eigenvalue weighted by Gasteiger charge is -2.39. The summed E-state index contributed by atoms with van der Waals surface area (Å²) in [5.74, 6) is 1.60. The topological polar surface area (TPSA) is 58.1 Å². The Morgan fingerprint density at radius 3 is 2.42 bits per heavy atom. The van der Waals surface area contributed by atoms with Crippen LogP contribution in [0.4, 0.5) is 0 Å². The number of nitrogens with zero attached hydrogens (tertiary/aromatic N) is 2. The molecule has 2 aliphatic rings. The summed E-state index contributed by atoms with van der Waals surface area (Å²) in [6.45, 7) is 16.0. The van der Waals surface area contributed by atoms with Gasteiger partial charge in [0, 0.05) is 38.8 Å². The maximum Gasteiger partial charge on any atom is 0.191 e. The van der Waals surface area contributed by atoms with Crippen molar-refractivity contribution in [3.63, 3.8) is 0 Å². The highest BCUT2D eigenvalue weighted by Crippen LogP contribution is 2.25. The van der Waals surface area contributed by atoms with E-state index in [0.29, 0.717) is 12.0 Å². The van der Waals surface area contributed by atoms with E-state index in [4.69, 9.17) is 14.5 Å². The first-order chi connectivity index (χ1) is 12.6. The molecule has 2 unspecified atom stereocenters. The summed E-state index contributed by atoms with van der Waals surface area (Å²) in [5.41, 5.74) is -0.0959. The highest BCUT2D eigenvalue weighted by atomic mass is 16.5. The Labute approximate surface area is 160 Å². The van der Waals surface area contributed by atoms with Crippen molar-refractivity contribution in [3.05, 3.63) is 0 Å². The molecule has 2 aliphatic heterocycles. The molecule has 152 valence electrons. The van der Waals surface area contributed by atoms with Crippen LogP contribution in [0.15, 0.2) is 4.99 Å². The van der Waals surface area contributed by atoms with E-state index < -0.39 is 0 Å². The van der Waals surface area contributed by atoms with Gasteiger partial charge >= 0.3 is 0 Å². The standard InChI is InChI=1S/C20H40N4O2/c1-5-17(6-2)18(24-10-13-25-14-11-24)15-22-19(21-7-3)23-16-20(4)9-8-12-26-20/h17-18H,5-16H2,1-4H3,(H2,21,22,23). The highest BCUT2D eigenvalue weighted by Gasteiger charge is 2.30. The van der Waals surface area contributed by atoms with Gasteiger partial charge in [-0.05, 0) is 32.6 Å². The van der Waals surface area contributed by atoms with E-state index in [1.165, 1.54) is 12.8 Å². The summed E-state index contributed by atoms with van der Waals surface area (Å²) >= 11 is 0. The minimum atomic E-state index is -0.0959. The van der Waals surface area contributed by atoms with Gasteiger partial charge in [0.2, 0.25) is 0 Å². The predicted molar refractivity (Wildman–Crippen MR) is 108 cm³/mol. The molecule has 2 heterocycles. The lowest BCUT2D eigenvalue weighted by atomic mass is 9.92. The van der Waals surface area contributed by atoms with Gasteiger partial charge in [0.05, 0.1) is 25.4 Å². The Kier molecular flexibility index (Phi) is 9.16. The van der Waals surface area contributed by atoms with Crippen molar-refractivity contribution in [2.45, 2.75) is 65.0 Å². The van der Waals surface area contributed by atoms with Gasteiger partial charge in [-0.15, -0.1) is 0 Å². The highest BCUT2D eigenvalue weighted by molar-refractivity contribution is 5.79. The molecule has 0 saturated carbocycles. The fourth-order valence-electron chi connectivity index (χ4n) is 4.09. The van der Waals surface area contributed by atoms with E-state index in [9.17, 15) is 0 Å². The molecular formula is C20H40N4O2. The van der Waals surface area contributed by atoms with Gasteiger partial charge in [-0.2, -0.15) is 0 Å². The molecule has 2 saturated heterocycles. The summed E-state index contributed by atoms with van der Waals surface area (Å²) in [6, 6.07) is 0.524. The second kappa shape index (κ2) is 11.1. The van der Waals surface area contributed by atoms with Gasteiger partial charge in [0.1, 0.15) is 0 Å². The number of nitrogens with one attached hydrogen (secondary N) is 2. The van der Waals surface area contributed by atoms with Crippen LogP contribution in [-0.2, 0) is 9.47 Å². The predicted octanol–water partition coefficient (Wildman–Crippen LogP) is 2.25. The Morgan fingerprint density at radius 1 is 1.12 bits per heavy atom. The molecule has 2 rings (SSSR count). The Bertz CT molecular complexity index is 414. The molecule has 0 aliphatic carbocycles. The summed E-state index contributed by atoms with van der Waals surface area (Å²) in [5, 5.41) is 7.01. The third kappa shape index (κ3) is 6.39. The molecule has 6 heteroatoms. The van der Waals surface area contributed by atoms with Gasteiger partial charge in [0.25, 0.3) is 0 Å². The molecule has 2 atom stereocenters. The van der Waals surface area contributed by atoms with Crippen molar-refractivity contribution in [2.24, 2.45) is 10.9 Å². The summed E-state index contributed by atoms with van der Waals surface area (Å²) in [4.78, 5) is 7.42. The van der Waals surface area contributed by atoms with Crippen LogP contribution in [0.5, 0.6) is 0 Å². The zero-order valence-electron chi connectivity index (χ0n) is 17.4. The average molecular weight is 369 g/mol. The number of morpholine rings is 1. The molecule has 0 aromatic heterocycles. The third-order valence-corrected chi connectivity index (χ3v) is 5.80. The number of guanidine groups is 1. The van der Waals surface area contributed by atoms with E-state index in [1.54, 1.807) is 0 Å². The van der Waals surface area contributed by atoms with Crippen molar-refractivity contribution in [2.75, 3.05) is 52.5 Å². The number of rotatable bonds is 9. The van der Waals surface area contributed by atoms with Crippen LogP contribution in [0, 0.1) is 5.92 Å². The number of ether oxygens (including phenoxy) is 2. The molecular weight excluding hydrogens is 328 g/mol. The molecule has 0 amide bonds. The minimum Gasteiger partial charge on any atom is -0.379 e. The molecule has 0 spiro atoms. The second-order valence-electron chi connectivity index (χ2n) is 7.77. The van der Waals surface area contributed by atoms with Crippen molar-refractivity contribution < 1.29 is 9.47 Å². The summed E-state index contributed by atoms with van der Waals surface area (Å²) < 4.78 is 11.4. The van der Waals surface area contributed by atoms with Crippen LogP contribution in [-0.4, -0.2) is 75.0 Å².